The molecule has 1 N–H and O–H groups in total. The summed E-state index contributed by atoms with van der Waals surface area (Å²) in [5.74, 6) is 0.199. The van der Waals surface area contributed by atoms with E-state index in [0.29, 0.717) is 30.0 Å². The van der Waals surface area contributed by atoms with Gasteiger partial charge in [-0.15, -0.1) is 0 Å². The average Bonchev–Trinajstić information content (AvgIpc) is 3.18. The second kappa shape index (κ2) is 9.32. The minimum atomic E-state index is -0.339. The maximum Gasteiger partial charge on any atom is 0.272 e. The van der Waals surface area contributed by atoms with Crippen LogP contribution in [0, 0.1) is 5.82 Å². The lowest BCUT2D eigenvalue weighted by Crippen LogP contribution is -2.37. The van der Waals surface area contributed by atoms with E-state index in [1.165, 1.54) is 26.4 Å². The lowest BCUT2D eigenvalue weighted by atomic mass is 10.0. The third-order valence-corrected chi connectivity index (χ3v) is 5.71. The van der Waals surface area contributed by atoms with Crippen molar-refractivity contribution in [1.82, 2.24) is 20.0 Å². The summed E-state index contributed by atoms with van der Waals surface area (Å²) < 4.78 is 25.4. The van der Waals surface area contributed by atoms with Crippen molar-refractivity contribution in [3.05, 3.63) is 76.4 Å². The van der Waals surface area contributed by atoms with Gasteiger partial charge in [-0.3, -0.25) is 14.3 Å². The van der Waals surface area contributed by atoms with Crippen molar-refractivity contribution in [3.8, 4) is 11.5 Å². The van der Waals surface area contributed by atoms with Crippen LogP contribution in [0.25, 0.3) is 0 Å². The van der Waals surface area contributed by atoms with E-state index in [1.54, 1.807) is 47.0 Å². The fourth-order valence-corrected chi connectivity index (χ4v) is 3.93. The third kappa shape index (κ3) is 4.67. The van der Waals surface area contributed by atoms with Gasteiger partial charge in [-0.1, -0.05) is 12.1 Å². The number of amides is 2. The number of fused-ring (bicyclic) bond motifs is 1. The molecule has 0 saturated carbocycles. The van der Waals surface area contributed by atoms with E-state index in [0.717, 1.165) is 16.8 Å². The molecule has 2 aromatic carbocycles. The molecule has 33 heavy (non-hydrogen) atoms. The molecular weight excluding hydrogens is 427 g/mol. The first-order valence-electron chi connectivity index (χ1n) is 10.5. The fourth-order valence-electron chi connectivity index (χ4n) is 3.93. The zero-order chi connectivity index (χ0) is 23.5. The Morgan fingerprint density at radius 2 is 1.76 bits per heavy atom. The molecule has 172 valence electrons. The van der Waals surface area contributed by atoms with Crippen LogP contribution in [0.5, 0.6) is 11.5 Å². The van der Waals surface area contributed by atoms with E-state index in [1.807, 2.05) is 0 Å². The van der Waals surface area contributed by atoms with Crippen LogP contribution in [0.4, 0.5) is 4.39 Å². The normalized spacial score (nSPS) is 12.8. The smallest absolute Gasteiger partial charge is 0.272 e. The second-order valence-corrected chi connectivity index (χ2v) is 7.78. The molecule has 8 nitrogen and oxygen atoms in total. The first-order chi connectivity index (χ1) is 15.9. The molecule has 0 radical (unpaired) electrons. The Balaban J connectivity index is 1.53. The number of ether oxygens (including phenoxy) is 2. The maximum absolute atomic E-state index is 13.2. The summed E-state index contributed by atoms with van der Waals surface area (Å²) in [6.45, 7) is 1.01. The molecule has 9 heteroatoms. The highest BCUT2D eigenvalue weighted by Gasteiger charge is 2.30. The number of aromatic nitrogens is 2. The molecule has 2 heterocycles. The number of hydrogen-bond acceptors (Lipinski definition) is 5. The largest absolute Gasteiger partial charge is 0.497 e. The topological polar surface area (TPSA) is 85.7 Å². The monoisotopic (exact) mass is 452 g/mol. The summed E-state index contributed by atoms with van der Waals surface area (Å²) in [5, 5.41) is 7.24. The highest BCUT2D eigenvalue weighted by Crippen LogP contribution is 2.27. The minimum absolute atomic E-state index is 0.181. The molecule has 0 spiro atoms. The molecule has 2 amide bonds. The quantitative estimate of drug-likeness (QED) is 0.622. The van der Waals surface area contributed by atoms with Crippen LogP contribution in [-0.2, 0) is 26.6 Å². The number of carbonyl (C=O) groups is 2. The molecule has 4 rings (SSSR count). The van der Waals surface area contributed by atoms with Gasteiger partial charge in [-0.05, 0) is 29.8 Å². The standard InChI is InChI=1S/C24H25FN4O4/c1-28-21-8-9-29(24(31)16-10-18(32-2)12-19(11-16)33-3)14-20(21)22(27-28)23(30)26-13-15-4-6-17(25)7-5-15/h4-7,10-12H,8-9,13-14H2,1-3H3,(H,26,30). The number of rotatable bonds is 6. The van der Waals surface area contributed by atoms with Crippen molar-refractivity contribution in [2.75, 3.05) is 20.8 Å². The molecule has 0 aliphatic carbocycles. The molecule has 1 aromatic heterocycles. The molecule has 0 fully saturated rings. The van der Waals surface area contributed by atoms with Crippen molar-refractivity contribution in [2.24, 2.45) is 7.05 Å². The summed E-state index contributed by atoms with van der Waals surface area (Å²) in [4.78, 5) is 27.8. The van der Waals surface area contributed by atoms with Gasteiger partial charge in [0.1, 0.15) is 17.3 Å². The van der Waals surface area contributed by atoms with Crippen LogP contribution in [0.2, 0.25) is 0 Å². The summed E-state index contributed by atoms with van der Waals surface area (Å²) in [7, 11) is 4.85. The number of nitrogens with zero attached hydrogens (tertiary/aromatic N) is 3. The minimum Gasteiger partial charge on any atom is -0.497 e. The van der Waals surface area contributed by atoms with Crippen molar-refractivity contribution in [2.45, 2.75) is 19.5 Å². The molecule has 0 atom stereocenters. The van der Waals surface area contributed by atoms with Gasteiger partial charge < -0.3 is 19.7 Å². The van der Waals surface area contributed by atoms with Crippen LogP contribution in [-0.4, -0.2) is 47.3 Å². The Morgan fingerprint density at radius 1 is 1.09 bits per heavy atom. The zero-order valence-electron chi connectivity index (χ0n) is 18.7. The predicted octanol–water partition coefficient (Wildman–Crippen LogP) is 2.70. The van der Waals surface area contributed by atoms with Crippen molar-refractivity contribution < 1.29 is 23.5 Å². The number of nitrogens with one attached hydrogen (secondary N) is 1. The van der Waals surface area contributed by atoms with Gasteiger partial charge in [0.15, 0.2) is 5.69 Å². The Kier molecular flexibility index (Phi) is 6.30. The van der Waals surface area contributed by atoms with Crippen LogP contribution in [0.3, 0.4) is 0 Å². The molecule has 1 aliphatic rings. The zero-order valence-corrected chi connectivity index (χ0v) is 18.7. The van der Waals surface area contributed by atoms with Crippen molar-refractivity contribution >= 4 is 11.8 Å². The molecule has 0 unspecified atom stereocenters. The average molecular weight is 452 g/mol. The molecule has 1 aliphatic heterocycles. The first-order valence-corrected chi connectivity index (χ1v) is 10.5. The number of hydrogen-bond donors (Lipinski definition) is 1. The Labute approximate surface area is 190 Å². The van der Waals surface area contributed by atoms with E-state index in [2.05, 4.69) is 10.4 Å². The summed E-state index contributed by atoms with van der Waals surface area (Å²) >= 11 is 0. The van der Waals surface area contributed by atoms with Gasteiger partial charge in [0.2, 0.25) is 0 Å². The van der Waals surface area contributed by atoms with Gasteiger partial charge in [-0.2, -0.15) is 5.10 Å². The van der Waals surface area contributed by atoms with E-state index in [-0.39, 0.29) is 36.4 Å². The highest BCUT2D eigenvalue weighted by molar-refractivity contribution is 5.96. The number of methoxy groups -OCH3 is 2. The Bertz CT molecular complexity index is 1170. The number of aryl methyl sites for hydroxylation is 1. The lowest BCUT2D eigenvalue weighted by Gasteiger charge is -2.28. The van der Waals surface area contributed by atoms with Gasteiger partial charge in [0.25, 0.3) is 11.8 Å². The van der Waals surface area contributed by atoms with Crippen molar-refractivity contribution in [3.63, 3.8) is 0 Å². The van der Waals surface area contributed by atoms with Crippen LogP contribution >= 0.6 is 0 Å². The van der Waals surface area contributed by atoms with Gasteiger partial charge in [-0.25, -0.2) is 4.39 Å². The first kappa shape index (κ1) is 22.3. The van der Waals surface area contributed by atoms with Crippen molar-refractivity contribution in [1.29, 1.82) is 0 Å². The highest BCUT2D eigenvalue weighted by atomic mass is 19.1. The SMILES string of the molecule is COc1cc(OC)cc(C(=O)N2CCc3c(c(C(=O)NCc4ccc(F)cc4)nn3C)C2)c1. The second-order valence-electron chi connectivity index (χ2n) is 7.78. The maximum atomic E-state index is 13.2. The van der Waals surface area contributed by atoms with E-state index in [9.17, 15) is 14.0 Å². The number of benzene rings is 2. The third-order valence-electron chi connectivity index (χ3n) is 5.71. The number of halogens is 1. The van der Waals surface area contributed by atoms with Gasteiger partial charge in [0.05, 0.1) is 20.8 Å². The van der Waals surface area contributed by atoms with Crippen LogP contribution in [0.15, 0.2) is 42.5 Å². The molecule has 0 bridgehead atoms. The van der Waals surface area contributed by atoms with Crippen LogP contribution in [0.1, 0.15) is 37.7 Å². The molecular formula is C24H25FN4O4. The van der Waals surface area contributed by atoms with Gasteiger partial charge in [0, 0.05) is 49.4 Å². The van der Waals surface area contributed by atoms with E-state index < -0.39 is 0 Å². The summed E-state index contributed by atoms with van der Waals surface area (Å²) in [5.41, 5.74) is 3.16. The molecule has 3 aromatic rings. The Morgan fingerprint density at radius 3 is 2.39 bits per heavy atom. The molecule has 0 saturated heterocycles. The Hall–Kier alpha value is -3.88. The van der Waals surface area contributed by atoms with Crippen LogP contribution < -0.4 is 14.8 Å². The summed E-state index contributed by atoms with van der Waals surface area (Å²) in [6, 6.07) is 11.0. The van der Waals surface area contributed by atoms with Gasteiger partial charge >= 0.3 is 0 Å². The number of carbonyl (C=O) groups excluding carboxylic acids is 2. The summed E-state index contributed by atoms with van der Waals surface area (Å²) in [6.07, 6.45) is 0.580. The predicted molar refractivity (Wildman–Crippen MR) is 119 cm³/mol. The fraction of sp³-hybridized carbons (Fsp3) is 0.292. The van der Waals surface area contributed by atoms with E-state index >= 15 is 0 Å². The van der Waals surface area contributed by atoms with E-state index in [4.69, 9.17) is 9.47 Å². The lowest BCUT2D eigenvalue weighted by molar-refractivity contribution is 0.0729.